The zero-order valence-electron chi connectivity index (χ0n) is 18.5. The smallest absolute Gasteiger partial charge is 0.231 e. The summed E-state index contributed by atoms with van der Waals surface area (Å²) in [6.45, 7) is 13.3. The van der Waals surface area contributed by atoms with Gasteiger partial charge in [0.05, 0.1) is 18.0 Å². The molecule has 10 heteroatoms. The monoisotopic (exact) mass is 461 g/mol. The average Bonchev–Trinajstić information content (AvgIpc) is 2.75. The number of nitrogens with one attached hydrogen (secondary N) is 1. The van der Waals surface area contributed by atoms with Gasteiger partial charge < -0.3 is 36.3 Å². The summed E-state index contributed by atoms with van der Waals surface area (Å²) in [7, 11) is 0. The summed E-state index contributed by atoms with van der Waals surface area (Å²) >= 11 is -1.89. The van der Waals surface area contributed by atoms with E-state index in [1.165, 1.54) is 18.5 Å². The molecular weight excluding hydrogens is 430 g/mol. The predicted molar refractivity (Wildman–Crippen MR) is 129 cm³/mol. The van der Waals surface area contributed by atoms with E-state index in [9.17, 15) is 9.66 Å². The molecule has 0 saturated carbocycles. The van der Waals surface area contributed by atoms with Crippen LogP contribution in [-0.2, 0) is 21.5 Å². The molecule has 1 aromatic carbocycles. The molecule has 32 heavy (non-hydrogen) atoms. The highest BCUT2D eigenvalue weighted by Crippen LogP contribution is 2.24. The number of aliphatic imine (C=N–C) groups is 1. The Hall–Kier alpha value is -3.21. The van der Waals surface area contributed by atoms with Gasteiger partial charge in [-0.3, -0.25) is 4.99 Å². The normalized spacial score (nSPS) is 14.3. The minimum absolute atomic E-state index is 0.0623. The summed E-state index contributed by atoms with van der Waals surface area (Å²) < 4.78 is 21.9. The predicted octanol–water partition coefficient (Wildman–Crippen LogP) is 2.26. The van der Waals surface area contributed by atoms with Gasteiger partial charge in [-0.05, 0) is 39.8 Å². The molecule has 174 valence electrons. The summed E-state index contributed by atoms with van der Waals surface area (Å²) in [5.74, 6) is -1.30. The number of nitrogens with two attached hydrogens (primary N) is 2. The van der Waals surface area contributed by atoms with Crippen LogP contribution in [0.3, 0.4) is 0 Å². The number of hydrogen-bond acceptors (Lipinski definition) is 8. The molecule has 0 aliphatic rings. The zero-order valence-corrected chi connectivity index (χ0v) is 19.4. The number of allylic oxidation sites excluding steroid dienone is 1. The molecule has 0 aromatic heterocycles. The third kappa shape index (κ3) is 8.50. The second-order valence-electron chi connectivity index (χ2n) is 7.46. The third-order valence-electron chi connectivity index (χ3n) is 3.95. The minimum atomic E-state index is -1.89. The van der Waals surface area contributed by atoms with Gasteiger partial charge in [0.15, 0.2) is 4.90 Å². The lowest BCUT2D eigenvalue weighted by Gasteiger charge is -2.19. The molecule has 7 N–H and O–H groups in total. The van der Waals surface area contributed by atoms with E-state index in [2.05, 4.69) is 48.6 Å². The van der Waals surface area contributed by atoms with Crippen molar-refractivity contribution in [3.63, 3.8) is 0 Å². The van der Waals surface area contributed by atoms with Gasteiger partial charge in [0.25, 0.3) is 0 Å². The van der Waals surface area contributed by atoms with Gasteiger partial charge in [-0.1, -0.05) is 46.1 Å². The molecule has 0 radical (unpaired) electrons. The second-order valence-corrected chi connectivity index (χ2v) is 8.61. The van der Waals surface area contributed by atoms with Crippen LogP contribution in [0.15, 0.2) is 87.0 Å². The summed E-state index contributed by atoms with van der Waals surface area (Å²) in [6.07, 6.45) is 4.18. The Morgan fingerprint density at radius 1 is 1.28 bits per heavy atom. The van der Waals surface area contributed by atoms with Crippen LogP contribution in [0.25, 0.3) is 0 Å². The zero-order chi connectivity index (χ0) is 24.3. The van der Waals surface area contributed by atoms with E-state index >= 15 is 0 Å². The average molecular weight is 462 g/mol. The van der Waals surface area contributed by atoms with E-state index in [0.717, 1.165) is 5.56 Å². The highest BCUT2D eigenvalue weighted by Gasteiger charge is 2.21. The Bertz CT molecular complexity index is 915. The van der Waals surface area contributed by atoms with Crippen LogP contribution in [0, 0.1) is 0 Å². The van der Waals surface area contributed by atoms with E-state index in [1.807, 2.05) is 12.1 Å². The number of aliphatic hydroxyl groups excluding tert-OH is 2. The first kappa shape index (κ1) is 26.8. The lowest BCUT2D eigenvalue weighted by molar-refractivity contribution is 0.135. The van der Waals surface area contributed by atoms with Crippen LogP contribution in [0.5, 0.6) is 0 Å². The first-order valence-electron chi connectivity index (χ1n) is 9.61. The molecule has 0 amide bonds. The van der Waals surface area contributed by atoms with Gasteiger partial charge in [-0.25, -0.2) is 0 Å². The number of hydrogen-bond donors (Lipinski definition) is 5. The molecule has 1 atom stereocenters. The standard InChI is InChI=1S/C22H31N5O4S/c1-15(25-12-6-11-23)16(2)26-21(19(29)20(24)31-14-13-28)27-32(30)18-9-7-17(8-10-18)22(3,4)5/h6-12,28-29H,1-2,13-14,23-24H2,3-5H3,(H,26,27)/b11-6-,20-19-,25-12?. The molecule has 0 fully saturated rings. The maximum atomic E-state index is 12.8. The van der Waals surface area contributed by atoms with Crippen molar-refractivity contribution in [1.82, 2.24) is 5.32 Å². The summed E-state index contributed by atoms with van der Waals surface area (Å²) in [4.78, 5) is 4.43. The molecule has 1 unspecified atom stereocenters. The highest BCUT2D eigenvalue weighted by atomic mass is 32.2. The van der Waals surface area contributed by atoms with Crippen molar-refractivity contribution >= 4 is 23.4 Å². The van der Waals surface area contributed by atoms with E-state index in [1.54, 1.807) is 12.1 Å². The Balaban J connectivity index is 3.25. The Morgan fingerprint density at radius 3 is 2.44 bits per heavy atom. The van der Waals surface area contributed by atoms with Crippen LogP contribution >= 0.6 is 0 Å². The summed E-state index contributed by atoms with van der Waals surface area (Å²) in [5.41, 5.74) is 12.3. The van der Waals surface area contributed by atoms with Gasteiger partial charge in [-0.2, -0.15) is 0 Å². The first-order chi connectivity index (χ1) is 15.0. The minimum Gasteiger partial charge on any atom is -0.586 e. The quantitative estimate of drug-likeness (QED) is 0.117. The van der Waals surface area contributed by atoms with Crippen molar-refractivity contribution in [2.24, 2.45) is 20.9 Å². The molecule has 0 saturated heterocycles. The van der Waals surface area contributed by atoms with E-state index < -0.39 is 23.0 Å². The van der Waals surface area contributed by atoms with E-state index in [0.29, 0.717) is 4.90 Å². The van der Waals surface area contributed by atoms with Crippen molar-refractivity contribution in [3.05, 3.63) is 78.3 Å². The van der Waals surface area contributed by atoms with Gasteiger partial charge in [0.1, 0.15) is 18.0 Å². The van der Waals surface area contributed by atoms with E-state index in [4.69, 9.17) is 21.3 Å². The van der Waals surface area contributed by atoms with Crippen LogP contribution in [0.4, 0.5) is 0 Å². The molecule has 1 aromatic rings. The van der Waals surface area contributed by atoms with E-state index in [-0.39, 0.29) is 35.9 Å². The van der Waals surface area contributed by atoms with Crippen LogP contribution in [0.2, 0.25) is 0 Å². The lowest BCUT2D eigenvalue weighted by atomic mass is 9.87. The number of aliphatic hydroxyl groups is 2. The maximum Gasteiger partial charge on any atom is 0.231 e. The Kier molecular flexibility index (Phi) is 10.6. The molecule has 0 spiro atoms. The summed E-state index contributed by atoms with van der Waals surface area (Å²) in [6, 6.07) is 7.12. The van der Waals surface area contributed by atoms with Gasteiger partial charge in [-0.15, -0.1) is 0 Å². The van der Waals surface area contributed by atoms with Crippen molar-refractivity contribution in [1.29, 1.82) is 0 Å². The third-order valence-corrected chi connectivity index (χ3v) is 4.97. The fourth-order valence-electron chi connectivity index (χ4n) is 2.15. The molecular formula is C22H31N5O4S. The SMILES string of the molecule is C=C(N=C/C=C\N)C(=C)NC(=N[S+]([O-])c1ccc(C(C)(C)C)cc1)/C(O)=C(\N)OCCO. The summed E-state index contributed by atoms with van der Waals surface area (Å²) in [5, 5.41) is 22.1. The van der Waals surface area contributed by atoms with Crippen molar-refractivity contribution in [3.8, 4) is 0 Å². The molecule has 0 heterocycles. The number of ether oxygens (including phenoxy) is 1. The number of rotatable bonds is 10. The van der Waals surface area contributed by atoms with Crippen LogP contribution in [-0.4, -0.2) is 40.0 Å². The lowest BCUT2D eigenvalue weighted by Crippen LogP contribution is -2.29. The van der Waals surface area contributed by atoms with Crippen LogP contribution < -0.4 is 16.8 Å². The van der Waals surface area contributed by atoms with Gasteiger partial charge in [0.2, 0.25) is 17.5 Å². The molecule has 0 aliphatic heterocycles. The molecule has 0 aliphatic carbocycles. The van der Waals surface area contributed by atoms with Gasteiger partial charge >= 0.3 is 0 Å². The largest absolute Gasteiger partial charge is 0.586 e. The highest BCUT2D eigenvalue weighted by molar-refractivity contribution is 7.90. The van der Waals surface area contributed by atoms with Crippen molar-refractivity contribution < 1.29 is 19.5 Å². The number of benzene rings is 1. The second kappa shape index (κ2) is 12.6. The Morgan fingerprint density at radius 2 is 1.91 bits per heavy atom. The number of amidine groups is 1. The molecule has 0 bridgehead atoms. The van der Waals surface area contributed by atoms with Crippen LogP contribution in [0.1, 0.15) is 26.3 Å². The van der Waals surface area contributed by atoms with Crippen molar-refractivity contribution in [2.45, 2.75) is 31.1 Å². The van der Waals surface area contributed by atoms with Gasteiger partial charge in [0, 0.05) is 6.21 Å². The topological polar surface area (TPSA) is 162 Å². The maximum absolute atomic E-state index is 12.8. The fraction of sp³-hybridized carbons (Fsp3) is 0.273. The number of nitrogens with zero attached hydrogens (tertiary/aromatic N) is 2. The Labute approximate surface area is 191 Å². The molecule has 9 nitrogen and oxygen atoms in total. The fourth-order valence-corrected chi connectivity index (χ4v) is 2.92. The molecule has 1 rings (SSSR count). The van der Waals surface area contributed by atoms with Crippen molar-refractivity contribution in [2.75, 3.05) is 13.2 Å². The first-order valence-corrected chi connectivity index (χ1v) is 10.7.